The molecule has 19 heavy (non-hydrogen) atoms. The lowest BCUT2D eigenvalue weighted by Gasteiger charge is -2.20. The van der Waals surface area contributed by atoms with Gasteiger partial charge >= 0.3 is 0 Å². The maximum atomic E-state index is 5.88. The van der Waals surface area contributed by atoms with Gasteiger partial charge in [0.2, 0.25) is 0 Å². The molecule has 0 aliphatic carbocycles. The molecule has 0 saturated heterocycles. The van der Waals surface area contributed by atoms with Crippen molar-refractivity contribution >= 4 is 30.9 Å². The number of allylic oxidation sites excluding steroid dienone is 1. The first-order valence-corrected chi connectivity index (χ1v) is 10.1. The summed E-state index contributed by atoms with van der Waals surface area (Å²) in [7, 11) is -1.36. The lowest BCUT2D eigenvalue weighted by molar-refractivity contribution is 1.53. The Morgan fingerprint density at radius 2 is 1.58 bits per heavy atom. The van der Waals surface area contributed by atoms with Crippen LogP contribution in [0.5, 0.6) is 0 Å². The van der Waals surface area contributed by atoms with E-state index >= 15 is 0 Å². The second kappa shape index (κ2) is 6.22. The molecule has 0 saturated carbocycles. The Kier molecular flexibility index (Phi) is 4.62. The molecular formula is C17H19ClSi. The fourth-order valence-corrected chi connectivity index (χ4v) is 4.23. The standard InChI is InChI=1S/C17H19ClSi/c1-19(2,17-8-4-3-5-9-17)14-6-7-15-10-12-16(18)13-11-15/h3-13H,14H2,1-2H3/b7-6+. The van der Waals surface area contributed by atoms with Crippen LogP contribution >= 0.6 is 11.6 Å². The fourth-order valence-electron chi connectivity index (χ4n) is 2.07. The quantitative estimate of drug-likeness (QED) is 0.696. The summed E-state index contributed by atoms with van der Waals surface area (Å²) in [6, 6.07) is 20.0. The Balaban J connectivity index is 2.03. The molecule has 2 heteroatoms. The smallest absolute Gasteiger partial charge is 0.0843 e. The van der Waals surface area contributed by atoms with Crippen LogP contribution in [-0.4, -0.2) is 8.07 Å². The van der Waals surface area contributed by atoms with Gasteiger partial charge in [-0.15, -0.1) is 0 Å². The van der Waals surface area contributed by atoms with Gasteiger partial charge in [0.05, 0.1) is 8.07 Å². The summed E-state index contributed by atoms with van der Waals surface area (Å²) in [5.41, 5.74) is 1.21. The first kappa shape index (κ1) is 14.1. The van der Waals surface area contributed by atoms with Crippen LogP contribution in [0.25, 0.3) is 6.08 Å². The molecule has 98 valence electrons. The Hall–Kier alpha value is -1.31. The number of hydrogen-bond donors (Lipinski definition) is 0. The molecule has 0 aliphatic heterocycles. The number of benzene rings is 2. The van der Waals surface area contributed by atoms with E-state index in [9.17, 15) is 0 Å². The average molecular weight is 287 g/mol. The zero-order valence-electron chi connectivity index (χ0n) is 11.4. The Morgan fingerprint density at radius 3 is 2.21 bits per heavy atom. The van der Waals surface area contributed by atoms with Crippen LogP contribution in [0.2, 0.25) is 24.2 Å². The highest BCUT2D eigenvalue weighted by Crippen LogP contribution is 2.14. The fraction of sp³-hybridized carbons (Fsp3) is 0.176. The lowest BCUT2D eigenvalue weighted by atomic mass is 10.2. The molecule has 0 fully saturated rings. The zero-order valence-corrected chi connectivity index (χ0v) is 13.2. The van der Waals surface area contributed by atoms with Crippen LogP contribution in [-0.2, 0) is 0 Å². The topological polar surface area (TPSA) is 0 Å². The number of hydrogen-bond acceptors (Lipinski definition) is 0. The first-order chi connectivity index (χ1) is 9.08. The number of rotatable bonds is 4. The highest BCUT2D eigenvalue weighted by atomic mass is 35.5. The van der Waals surface area contributed by atoms with Gasteiger partial charge in [0, 0.05) is 5.02 Å². The minimum Gasteiger partial charge on any atom is -0.0863 e. The second-order valence-electron chi connectivity index (χ2n) is 5.41. The van der Waals surface area contributed by atoms with Gasteiger partial charge in [0.25, 0.3) is 0 Å². The van der Waals surface area contributed by atoms with Gasteiger partial charge in [0.15, 0.2) is 0 Å². The summed E-state index contributed by atoms with van der Waals surface area (Å²) in [4.78, 5) is 0. The molecule has 0 spiro atoms. The van der Waals surface area contributed by atoms with E-state index in [1.165, 1.54) is 10.8 Å². The first-order valence-electron chi connectivity index (χ1n) is 6.55. The number of halogens is 1. The third-order valence-corrected chi connectivity index (χ3v) is 6.77. The lowest BCUT2D eigenvalue weighted by Crippen LogP contribution is -2.40. The van der Waals surface area contributed by atoms with E-state index in [4.69, 9.17) is 11.6 Å². The summed E-state index contributed by atoms with van der Waals surface area (Å²) in [5, 5.41) is 2.30. The van der Waals surface area contributed by atoms with E-state index in [-0.39, 0.29) is 0 Å². The molecule has 0 atom stereocenters. The van der Waals surface area contributed by atoms with Crippen molar-refractivity contribution in [3.05, 3.63) is 71.3 Å². The summed E-state index contributed by atoms with van der Waals surface area (Å²) in [6.45, 7) is 4.82. The molecule has 0 N–H and O–H groups in total. The normalized spacial score (nSPS) is 11.9. The molecule has 0 unspecified atom stereocenters. The van der Waals surface area contributed by atoms with Crippen LogP contribution in [0.3, 0.4) is 0 Å². The molecule has 0 radical (unpaired) electrons. The highest BCUT2D eigenvalue weighted by Gasteiger charge is 2.20. The van der Waals surface area contributed by atoms with Crippen molar-refractivity contribution < 1.29 is 0 Å². The summed E-state index contributed by atoms with van der Waals surface area (Å²) >= 11 is 5.88. The zero-order chi connectivity index (χ0) is 13.7. The minimum atomic E-state index is -1.36. The van der Waals surface area contributed by atoms with Crippen LogP contribution < -0.4 is 5.19 Å². The van der Waals surface area contributed by atoms with Crippen molar-refractivity contribution in [2.24, 2.45) is 0 Å². The van der Waals surface area contributed by atoms with Crippen molar-refractivity contribution in [1.29, 1.82) is 0 Å². The molecule has 0 heterocycles. The Morgan fingerprint density at radius 1 is 0.947 bits per heavy atom. The molecule has 2 rings (SSSR count). The summed E-state index contributed by atoms with van der Waals surface area (Å²) in [6.07, 6.45) is 4.48. The van der Waals surface area contributed by atoms with Crippen LogP contribution in [0, 0.1) is 0 Å². The average Bonchev–Trinajstić information content (AvgIpc) is 2.42. The second-order valence-corrected chi connectivity index (χ2v) is 10.6. The summed E-state index contributed by atoms with van der Waals surface area (Å²) in [5.74, 6) is 0. The van der Waals surface area contributed by atoms with Crippen molar-refractivity contribution in [1.82, 2.24) is 0 Å². The minimum absolute atomic E-state index is 0.788. The maximum Gasteiger partial charge on any atom is 0.0843 e. The van der Waals surface area contributed by atoms with Gasteiger partial charge in [-0.25, -0.2) is 0 Å². The molecule has 2 aromatic carbocycles. The van der Waals surface area contributed by atoms with Crippen LogP contribution in [0.4, 0.5) is 0 Å². The largest absolute Gasteiger partial charge is 0.0863 e. The molecule has 0 bridgehead atoms. The molecule has 0 nitrogen and oxygen atoms in total. The Bertz CT molecular complexity index is 541. The van der Waals surface area contributed by atoms with Crippen molar-refractivity contribution in [3.63, 3.8) is 0 Å². The van der Waals surface area contributed by atoms with E-state index in [1.54, 1.807) is 0 Å². The summed E-state index contributed by atoms with van der Waals surface area (Å²) < 4.78 is 0. The molecule has 0 amide bonds. The Labute approximate surface area is 121 Å². The molecule has 0 aromatic heterocycles. The van der Waals surface area contributed by atoms with E-state index in [2.05, 4.69) is 67.7 Å². The molecular weight excluding hydrogens is 268 g/mol. The van der Waals surface area contributed by atoms with Crippen LogP contribution in [0.15, 0.2) is 60.7 Å². The van der Waals surface area contributed by atoms with Crippen molar-refractivity contribution in [2.75, 3.05) is 0 Å². The van der Waals surface area contributed by atoms with Gasteiger partial charge in [-0.3, -0.25) is 0 Å². The van der Waals surface area contributed by atoms with Crippen molar-refractivity contribution in [3.8, 4) is 0 Å². The van der Waals surface area contributed by atoms with E-state index in [0.29, 0.717) is 0 Å². The van der Waals surface area contributed by atoms with E-state index in [0.717, 1.165) is 11.1 Å². The predicted molar refractivity (Wildman–Crippen MR) is 88.9 cm³/mol. The van der Waals surface area contributed by atoms with E-state index in [1.807, 2.05) is 12.1 Å². The van der Waals surface area contributed by atoms with Gasteiger partial charge in [-0.2, -0.15) is 0 Å². The highest BCUT2D eigenvalue weighted by molar-refractivity contribution is 6.90. The van der Waals surface area contributed by atoms with Crippen LogP contribution in [0.1, 0.15) is 5.56 Å². The van der Waals surface area contributed by atoms with E-state index < -0.39 is 8.07 Å². The third kappa shape index (κ3) is 4.08. The monoisotopic (exact) mass is 286 g/mol. The molecule has 2 aromatic rings. The third-order valence-electron chi connectivity index (χ3n) is 3.36. The molecule has 0 aliphatic rings. The van der Waals surface area contributed by atoms with Gasteiger partial charge in [-0.1, -0.05) is 84.5 Å². The SMILES string of the molecule is C[Si](C)(C/C=C/c1ccc(Cl)cc1)c1ccccc1. The maximum absolute atomic E-state index is 5.88. The van der Waals surface area contributed by atoms with Gasteiger partial charge < -0.3 is 0 Å². The predicted octanol–water partition coefficient (Wildman–Crippen LogP) is 4.97. The van der Waals surface area contributed by atoms with Gasteiger partial charge in [-0.05, 0) is 23.7 Å². The van der Waals surface area contributed by atoms with Gasteiger partial charge in [0.1, 0.15) is 0 Å². The van der Waals surface area contributed by atoms with Crippen molar-refractivity contribution in [2.45, 2.75) is 19.1 Å².